The van der Waals surface area contributed by atoms with Gasteiger partial charge in [0.1, 0.15) is 5.58 Å². The molecule has 0 spiro atoms. The molecule has 0 saturated carbocycles. The van der Waals surface area contributed by atoms with Crippen molar-refractivity contribution in [3.05, 3.63) is 110 Å². The average molecular weight is 587 g/mol. The van der Waals surface area contributed by atoms with Crippen molar-refractivity contribution in [1.29, 1.82) is 0 Å². The van der Waals surface area contributed by atoms with Crippen LogP contribution in [0.15, 0.2) is 76.2 Å². The Hall–Kier alpha value is -3.77. The van der Waals surface area contributed by atoms with Crippen LogP contribution < -0.4 is 15.1 Å². The summed E-state index contributed by atoms with van der Waals surface area (Å²) in [4.78, 5) is 31.6. The number of hydrogen-bond acceptors (Lipinski definition) is 10. The van der Waals surface area contributed by atoms with E-state index >= 15 is 0 Å². The topological polar surface area (TPSA) is 144 Å². The summed E-state index contributed by atoms with van der Waals surface area (Å²) >= 11 is 0. The molecule has 0 aliphatic rings. The summed E-state index contributed by atoms with van der Waals surface area (Å²) in [5.74, 6) is 1.08. The first-order valence-electron chi connectivity index (χ1n) is 10.4. The summed E-state index contributed by atoms with van der Waals surface area (Å²) in [6.45, 7) is 1.71. The molecule has 0 amide bonds. The van der Waals surface area contributed by atoms with Crippen LogP contribution in [0.5, 0.6) is 11.5 Å². The third kappa shape index (κ3) is 8.17. The van der Waals surface area contributed by atoms with Crippen molar-refractivity contribution >= 4 is 11.0 Å². The number of rotatable bonds is 8. The van der Waals surface area contributed by atoms with E-state index in [1.807, 2.05) is 42.5 Å². The first-order valence-corrected chi connectivity index (χ1v) is 10.4. The van der Waals surface area contributed by atoms with Gasteiger partial charge in [0.15, 0.2) is 11.5 Å². The van der Waals surface area contributed by atoms with E-state index in [9.17, 15) is 4.79 Å². The summed E-state index contributed by atoms with van der Waals surface area (Å²) in [5.41, 5.74) is 2.75. The Morgan fingerprint density at radius 3 is 1.89 bits per heavy atom. The first-order chi connectivity index (χ1) is 16.9. The van der Waals surface area contributed by atoms with Gasteiger partial charge >= 0.3 is 28.0 Å². The molecule has 0 radical (unpaired) electrons. The average Bonchev–Trinajstić information content (AvgIpc) is 2.84. The maximum atomic E-state index is 12.3. The fourth-order valence-corrected chi connectivity index (χ4v) is 3.53. The van der Waals surface area contributed by atoms with Gasteiger partial charge in [-0.1, -0.05) is 12.1 Å². The second kappa shape index (κ2) is 14.0. The van der Waals surface area contributed by atoms with Gasteiger partial charge in [-0.05, 0) is 35.9 Å². The van der Waals surface area contributed by atoms with Gasteiger partial charge in [0.25, 0.3) is 0 Å². The molecule has 3 aromatic heterocycles. The molecule has 36 heavy (non-hydrogen) atoms. The van der Waals surface area contributed by atoms with Crippen LogP contribution >= 0.6 is 0 Å². The minimum atomic E-state index is -1.75. The SMILES string of the molecule is COc1cc2oc(=O)cc(CN(Cc3ccccn3)Cc3ccccn3)c2cc1OC.O=[N+]([O-])[O-].[Ag+]. The van der Waals surface area contributed by atoms with Crippen LogP contribution in [0.3, 0.4) is 0 Å². The molecule has 0 atom stereocenters. The van der Waals surface area contributed by atoms with Crippen LogP contribution in [0, 0.1) is 15.3 Å². The van der Waals surface area contributed by atoms with Crippen LogP contribution in [0.4, 0.5) is 0 Å². The number of aromatic nitrogens is 2. The molecular weight excluding hydrogens is 564 g/mol. The van der Waals surface area contributed by atoms with E-state index in [-0.39, 0.29) is 22.4 Å². The Morgan fingerprint density at radius 2 is 1.42 bits per heavy atom. The number of pyridine rings is 2. The Balaban J connectivity index is 0.000000850. The van der Waals surface area contributed by atoms with Crippen LogP contribution in [-0.4, -0.2) is 34.2 Å². The maximum absolute atomic E-state index is 12.3. The molecule has 0 saturated heterocycles. The Kier molecular flexibility index (Phi) is 11.0. The van der Waals surface area contributed by atoms with Crippen molar-refractivity contribution in [2.45, 2.75) is 19.6 Å². The third-order valence-corrected chi connectivity index (χ3v) is 4.95. The number of methoxy groups -OCH3 is 2. The molecule has 0 aliphatic carbocycles. The van der Waals surface area contributed by atoms with Gasteiger partial charge in [0.2, 0.25) is 0 Å². The number of hydrogen-bond donors (Lipinski definition) is 0. The normalized spacial score (nSPS) is 10.2. The number of nitrogens with zero attached hydrogens (tertiary/aromatic N) is 4. The quantitative estimate of drug-likeness (QED) is 0.130. The molecule has 0 fully saturated rings. The van der Waals surface area contributed by atoms with E-state index in [1.165, 1.54) is 6.07 Å². The van der Waals surface area contributed by atoms with Crippen molar-refractivity contribution in [2.24, 2.45) is 0 Å². The predicted molar refractivity (Wildman–Crippen MR) is 127 cm³/mol. The van der Waals surface area contributed by atoms with Gasteiger partial charge in [-0.3, -0.25) is 14.9 Å². The second-order valence-electron chi connectivity index (χ2n) is 7.30. The standard InChI is InChI=1S/C24H23N3O4.Ag.NO3/c1-29-22-12-20-17(11-24(28)31-21(20)13-23(22)30-2)14-27(15-18-7-3-5-9-25-18)16-19-8-4-6-10-26-19;;2-1(3)4/h3-13H,14-16H2,1-2H3;;/q;+1;-1. The fraction of sp³-hybridized carbons (Fsp3) is 0.208. The van der Waals surface area contributed by atoms with Gasteiger partial charge < -0.3 is 29.2 Å². The zero-order valence-corrected chi connectivity index (χ0v) is 20.9. The van der Waals surface area contributed by atoms with Crippen molar-refractivity contribution in [1.82, 2.24) is 14.9 Å². The number of benzene rings is 1. The van der Waals surface area contributed by atoms with Crippen molar-refractivity contribution in [3.63, 3.8) is 0 Å². The van der Waals surface area contributed by atoms with Crippen molar-refractivity contribution in [2.75, 3.05) is 14.2 Å². The monoisotopic (exact) mass is 586 g/mol. The molecule has 192 valence electrons. The summed E-state index contributed by atoms with van der Waals surface area (Å²) in [7, 11) is 3.13. The third-order valence-electron chi connectivity index (χ3n) is 4.95. The smallest absolute Gasteiger partial charge is 0.493 e. The van der Waals surface area contributed by atoms with Gasteiger partial charge in [-0.15, -0.1) is 0 Å². The summed E-state index contributed by atoms with van der Waals surface area (Å²) in [6.07, 6.45) is 3.55. The van der Waals surface area contributed by atoms with Crippen LogP contribution in [0.1, 0.15) is 17.0 Å². The summed E-state index contributed by atoms with van der Waals surface area (Å²) in [5, 5.41) is 15.5. The van der Waals surface area contributed by atoms with Crippen molar-refractivity contribution < 1.29 is 41.4 Å². The zero-order valence-electron chi connectivity index (χ0n) is 19.4. The Labute approximate surface area is 221 Å². The minimum absolute atomic E-state index is 0. The van der Waals surface area contributed by atoms with Crippen molar-refractivity contribution in [3.8, 4) is 11.5 Å². The second-order valence-corrected chi connectivity index (χ2v) is 7.30. The fourth-order valence-electron chi connectivity index (χ4n) is 3.53. The minimum Gasteiger partial charge on any atom is -0.493 e. The largest absolute Gasteiger partial charge is 1.00 e. The van der Waals surface area contributed by atoms with E-state index in [2.05, 4.69) is 14.9 Å². The molecule has 0 N–H and O–H groups in total. The molecule has 4 rings (SSSR count). The first kappa shape index (κ1) is 28.5. The summed E-state index contributed by atoms with van der Waals surface area (Å²) in [6, 6.07) is 16.7. The molecule has 11 nitrogen and oxygen atoms in total. The molecule has 1 aromatic carbocycles. The Morgan fingerprint density at radius 1 is 0.889 bits per heavy atom. The zero-order chi connectivity index (χ0) is 25.2. The summed E-state index contributed by atoms with van der Waals surface area (Å²) < 4.78 is 16.2. The Bertz CT molecular complexity index is 1280. The van der Waals surface area contributed by atoms with E-state index in [0.29, 0.717) is 36.7 Å². The molecular formula is C24H23AgN4O7. The van der Waals surface area contributed by atoms with E-state index < -0.39 is 10.7 Å². The predicted octanol–water partition coefficient (Wildman–Crippen LogP) is 3.56. The molecule has 12 heteroatoms. The van der Waals surface area contributed by atoms with E-state index in [0.717, 1.165) is 22.3 Å². The van der Waals surface area contributed by atoms with E-state index in [4.69, 9.17) is 29.2 Å². The number of fused-ring (bicyclic) bond motifs is 1. The van der Waals surface area contributed by atoms with Crippen LogP contribution in [0.2, 0.25) is 0 Å². The van der Waals surface area contributed by atoms with Crippen LogP contribution in [0.25, 0.3) is 11.0 Å². The van der Waals surface area contributed by atoms with Gasteiger partial charge in [-0.25, -0.2) is 4.79 Å². The maximum Gasteiger partial charge on any atom is 1.00 e. The molecule has 0 bridgehead atoms. The van der Waals surface area contributed by atoms with E-state index in [1.54, 1.807) is 32.7 Å². The molecule has 0 unspecified atom stereocenters. The molecule has 3 heterocycles. The molecule has 4 aromatic rings. The van der Waals surface area contributed by atoms with Crippen LogP contribution in [-0.2, 0) is 42.0 Å². The van der Waals surface area contributed by atoms with Gasteiger partial charge in [0.05, 0.1) is 30.7 Å². The number of ether oxygens (including phenoxy) is 2. The van der Waals surface area contributed by atoms with Gasteiger partial charge in [-0.2, -0.15) is 0 Å². The molecule has 0 aliphatic heterocycles. The van der Waals surface area contributed by atoms with Gasteiger partial charge in [0, 0.05) is 49.5 Å².